The van der Waals surface area contributed by atoms with Gasteiger partial charge < -0.3 is 14.7 Å². The molecule has 2 aliphatic heterocycles. The fourth-order valence-corrected chi connectivity index (χ4v) is 4.96. The normalized spacial score (nSPS) is 24.7. The van der Waals surface area contributed by atoms with Crippen molar-refractivity contribution in [2.24, 2.45) is 0 Å². The number of amides is 1. The quantitative estimate of drug-likeness (QED) is 0.838. The van der Waals surface area contributed by atoms with Gasteiger partial charge in [0.1, 0.15) is 5.60 Å². The van der Waals surface area contributed by atoms with Crippen molar-refractivity contribution in [3.63, 3.8) is 0 Å². The number of aliphatic hydroxyl groups is 1. The van der Waals surface area contributed by atoms with E-state index in [1.165, 1.54) is 11.1 Å². The molecule has 2 aromatic rings. The minimum atomic E-state index is -0.553. The third kappa shape index (κ3) is 4.37. The Bertz CT molecular complexity index is 810. The van der Waals surface area contributed by atoms with Gasteiger partial charge in [-0.3, -0.25) is 4.90 Å². The molecule has 0 saturated carbocycles. The second-order valence-corrected chi connectivity index (χ2v) is 9.42. The molecule has 5 heteroatoms. The topological polar surface area (TPSA) is 53.0 Å². The summed E-state index contributed by atoms with van der Waals surface area (Å²) >= 11 is 0. The lowest BCUT2D eigenvalue weighted by Gasteiger charge is -2.48. The van der Waals surface area contributed by atoms with Crippen LogP contribution in [0.25, 0.3) is 0 Å². The van der Waals surface area contributed by atoms with Crippen molar-refractivity contribution in [1.82, 2.24) is 9.80 Å². The number of nitrogens with zero attached hydrogens (tertiary/aromatic N) is 2. The van der Waals surface area contributed by atoms with Crippen LogP contribution in [0.4, 0.5) is 4.79 Å². The molecule has 2 heterocycles. The summed E-state index contributed by atoms with van der Waals surface area (Å²) in [6.45, 7) is 7.73. The zero-order chi connectivity index (χ0) is 21.3. The lowest BCUT2D eigenvalue weighted by atomic mass is 9.79. The summed E-state index contributed by atoms with van der Waals surface area (Å²) in [5.74, 6) is -0.00183. The number of piperazine rings is 1. The summed E-state index contributed by atoms with van der Waals surface area (Å²) in [7, 11) is 0. The van der Waals surface area contributed by atoms with E-state index >= 15 is 0 Å². The standard InChI is InChI=1S/C25H32N2O3/c1-25(2,3)30-24(29)27-15-14-26-17-20(28)16-21(26)23(27)22(18-10-6-4-7-11-18)19-12-8-5-9-13-19/h4-13,20-23,28H,14-17H2,1-3H3. The summed E-state index contributed by atoms with van der Waals surface area (Å²) in [6, 6.07) is 20.7. The van der Waals surface area contributed by atoms with Gasteiger partial charge in [-0.05, 0) is 38.3 Å². The molecule has 2 fully saturated rings. The van der Waals surface area contributed by atoms with Gasteiger partial charge in [0.05, 0.1) is 12.1 Å². The lowest BCUT2D eigenvalue weighted by molar-refractivity contribution is -0.0148. The molecule has 3 unspecified atom stereocenters. The van der Waals surface area contributed by atoms with Gasteiger partial charge >= 0.3 is 6.09 Å². The van der Waals surface area contributed by atoms with Gasteiger partial charge in [0.15, 0.2) is 0 Å². The van der Waals surface area contributed by atoms with E-state index in [1.54, 1.807) is 0 Å². The molecule has 5 nitrogen and oxygen atoms in total. The first kappa shape index (κ1) is 20.9. The van der Waals surface area contributed by atoms with Gasteiger partial charge in [0, 0.05) is 31.6 Å². The first-order chi connectivity index (χ1) is 14.3. The van der Waals surface area contributed by atoms with Gasteiger partial charge in [-0.1, -0.05) is 60.7 Å². The molecule has 30 heavy (non-hydrogen) atoms. The first-order valence-corrected chi connectivity index (χ1v) is 10.8. The molecule has 160 valence electrons. The van der Waals surface area contributed by atoms with Crippen LogP contribution < -0.4 is 0 Å². The maximum Gasteiger partial charge on any atom is 0.410 e. The Morgan fingerprint density at radius 1 is 1.00 bits per heavy atom. The number of carbonyl (C=O) groups excluding carboxylic acids is 1. The maximum absolute atomic E-state index is 13.3. The molecular formula is C25H32N2O3. The highest BCUT2D eigenvalue weighted by Gasteiger charge is 2.48. The van der Waals surface area contributed by atoms with Gasteiger partial charge in [0.2, 0.25) is 0 Å². The Labute approximate surface area is 179 Å². The van der Waals surface area contributed by atoms with Gasteiger partial charge in [-0.2, -0.15) is 0 Å². The smallest absolute Gasteiger partial charge is 0.410 e. The average molecular weight is 409 g/mol. The molecule has 2 saturated heterocycles. The molecule has 1 amide bonds. The van der Waals surface area contributed by atoms with Crippen LogP contribution in [0.1, 0.15) is 44.2 Å². The highest BCUT2D eigenvalue weighted by atomic mass is 16.6. The van der Waals surface area contributed by atoms with Crippen molar-refractivity contribution >= 4 is 6.09 Å². The first-order valence-electron chi connectivity index (χ1n) is 10.8. The van der Waals surface area contributed by atoms with Crippen molar-refractivity contribution in [2.75, 3.05) is 19.6 Å². The molecule has 0 radical (unpaired) electrons. The summed E-state index contributed by atoms with van der Waals surface area (Å²) in [6.07, 6.45) is 0.0360. The molecule has 0 bridgehead atoms. The number of aliphatic hydroxyl groups excluding tert-OH is 1. The summed E-state index contributed by atoms with van der Waals surface area (Å²) in [5, 5.41) is 10.4. The highest BCUT2D eigenvalue weighted by molar-refractivity contribution is 5.69. The van der Waals surface area contributed by atoms with Crippen LogP contribution in [0.5, 0.6) is 0 Å². The van der Waals surface area contributed by atoms with Gasteiger partial charge in [-0.15, -0.1) is 0 Å². The number of hydrogen-bond acceptors (Lipinski definition) is 4. The van der Waals surface area contributed by atoms with Crippen molar-refractivity contribution in [3.8, 4) is 0 Å². The molecule has 0 spiro atoms. The monoisotopic (exact) mass is 408 g/mol. The van der Waals surface area contributed by atoms with Crippen molar-refractivity contribution in [2.45, 2.75) is 56.9 Å². The van der Waals surface area contributed by atoms with Crippen molar-refractivity contribution < 1.29 is 14.6 Å². The minimum Gasteiger partial charge on any atom is -0.444 e. The Morgan fingerprint density at radius 2 is 1.57 bits per heavy atom. The van der Waals surface area contributed by atoms with Crippen molar-refractivity contribution in [3.05, 3.63) is 71.8 Å². The fraction of sp³-hybridized carbons (Fsp3) is 0.480. The minimum absolute atomic E-state index is 0.00183. The number of rotatable bonds is 3. The predicted molar refractivity (Wildman–Crippen MR) is 117 cm³/mol. The predicted octanol–water partition coefficient (Wildman–Crippen LogP) is 3.87. The summed E-state index contributed by atoms with van der Waals surface area (Å²) in [5.41, 5.74) is 1.79. The van der Waals surface area contributed by atoms with Crippen LogP contribution in [0.15, 0.2) is 60.7 Å². The molecule has 0 aliphatic carbocycles. The van der Waals surface area contributed by atoms with E-state index < -0.39 is 5.60 Å². The van der Waals surface area contributed by atoms with Crippen LogP contribution in [0.2, 0.25) is 0 Å². The molecule has 3 atom stereocenters. The fourth-order valence-electron chi connectivity index (χ4n) is 4.96. The average Bonchev–Trinajstić information content (AvgIpc) is 3.09. The number of hydrogen-bond donors (Lipinski definition) is 1. The number of fused-ring (bicyclic) bond motifs is 1. The zero-order valence-electron chi connectivity index (χ0n) is 18.1. The molecule has 2 aromatic carbocycles. The molecule has 4 rings (SSSR count). The third-order valence-electron chi connectivity index (χ3n) is 6.10. The second-order valence-electron chi connectivity index (χ2n) is 9.42. The van der Waals surface area contributed by atoms with Crippen LogP contribution in [-0.4, -0.2) is 64.4 Å². The Hall–Kier alpha value is -2.37. The van der Waals surface area contributed by atoms with E-state index in [0.717, 1.165) is 6.54 Å². The third-order valence-corrected chi connectivity index (χ3v) is 6.10. The van der Waals surface area contributed by atoms with E-state index in [4.69, 9.17) is 4.74 Å². The van der Waals surface area contributed by atoms with E-state index in [-0.39, 0.29) is 30.2 Å². The van der Waals surface area contributed by atoms with Gasteiger partial charge in [-0.25, -0.2) is 4.79 Å². The van der Waals surface area contributed by atoms with Gasteiger partial charge in [0.25, 0.3) is 0 Å². The van der Waals surface area contributed by atoms with Crippen LogP contribution in [-0.2, 0) is 4.74 Å². The lowest BCUT2D eigenvalue weighted by Crippen LogP contribution is -2.61. The zero-order valence-corrected chi connectivity index (χ0v) is 18.1. The van der Waals surface area contributed by atoms with Crippen LogP contribution >= 0.6 is 0 Å². The van der Waals surface area contributed by atoms with E-state index in [1.807, 2.05) is 62.1 Å². The maximum atomic E-state index is 13.3. The van der Waals surface area contributed by atoms with E-state index in [0.29, 0.717) is 19.5 Å². The molecule has 1 N–H and O–H groups in total. The molecular weight excluding hydrogens is 376 g/mol. The number of benzene rings is 2. The van der Waals surface area contributed by atoms with E-state index in [9.17, 15) is 9.90 Å². The Balaban J connectivity index is 1.79. The SMILES string of the molecule is CC(C)(C)OC(=O)N1CCN2CC(O)CC2C1C(c1ccccc1)c1ccccc1. The summed E-state index contributed by atoms with van der Waals surface area (Å²) in [4.78, 5) is 17.5. The van der Waals surface area contributed by atoms with Crippen LogP contribution in [0.3, 0.4) is 0 Å². The summed E-state index contributed by atoms with van der Waals surface area (Å²) < 4.78 is 5.81. The van der Waals surface area contributed by atoms with Crippen LogP contribution in [0, 0.1) is 0 Å². The highest BCUT2D eigenvalue weighted by Crippen LogP contribution is 2.40. The largest absolute Gasteiger partial charge is 0.444 e. The Morgan fingerprint density at radius 3 is 2.10 bits per heavy atom. The second kappa shape index (κ2) is 8.40. The van der Waals surface area contributed by atoms with E-state index in [2.05, 4.69) is 29.2 Å². The Kier molecular flexibility index (Phi) is 5.85. The molecule has 2 aliphatic rings. The number of carbonyl (C=O) groups is 1. The molecule has 0 aromatic heterocycles. The number of ether oxygens (including phenoxy) is 1. The van der Waals surface area contributed by atoms with Crippen molar-refractivity contribution in [1.29, 1.82) is 0 Å².